The van der Waals surface area contributed by atoms with Crippen LogP contribution in [0.4, 0.5) is 0 Å². The molecule has 2 aromatic heterocycles. The molecule has 0 radical (unpaired) electrons. The van der Waals surface area contributed by atoms with Gasteiger partial charge in [0.15, 0.2) is 5.15 Å². The van der Waals surface area contributed by atoms with Gasteiger partial charge in [0.2, 0.25) is 0 Å². The minimum Gasteiger partial charge on any atom is -0.298 e. The van der Waals surface area contributed by atoms with Crippen LogP contribution in [0, 0.1) is 6.92 Å². The van der Waals surface area contributed by atoms with Gasteiger partial charge in [0.05, 0.1) is 17.5 Å². The summed E-state index contributed by atoms with van der Waals surface area (Å²) in [4.78, 5) is 21.1. The molecule has 0 amide bonds. The second kappa shape index (κ2) is 5.29. The van der Waals surface area contributed by atoms with Crippen molar-refractivity contribution in [2.45, 2.75) is 19.9 Å². The van der Waals surface area contributed by atoms with Gasteiger partial charge in [0, 0.05) is 17.8 Å². The summed E-state index contributed by atoms with van der Waals surface area (Å²) < 4.78 is 1.84. The zero-order chi connectivity index (χ0) is 12.4. The van der Waals surface area contributed by atoms with Crippen LogP contribution in [0.3, 0.4) is 0 Å². The maximum absolute atomic E-state index is 11.8. The van der Waals surface area contributed by atoms with Crippen LogP contribution in [-0.2, 0) is 13.0 Å². The van der Waals surface area contributed by atoms with Gasteiger partial charge in [-0.05, 0) is 22.9 Å². The first-order valence-electron chi connectivity index (χ1n) is 4.89. The van der Waals surface area contributed by atoms with Crippen molar-refractivity contribution in [1.29, 1.82) is 0 Å². The van der Waals surface area contributed by atoms with Crippen molar-refractivity contribution in [3.05, 3.63) is 42.4 Å². The van der Waals surface area contributed by atoms with Crippen LogP contribution < -0.4 is 5.56 Å². The fourth-order valence-electron chi connectivity index (χ4n) is 1.39. The van der Waals surface area contributed by atoms with E-state index in [1.807, 2.05) is 12.4 Å². The molecule has 0 aliphatic rings. The normalized spacial score (nSPS) is 10.8. The first kappa shape index (κ1) is 12.7. The molecule has 4 nitrogen and oxygen atoms in total. The monoisotopic (exact) mass is 333 g/mol. The average Bonchev–Trinajstić information content (AvgIpc) is 2.71. The van der Waals surface area contributed by atoms with Crippen molar-refractivity contribution < 1.29 is 0 Å². The number of rotatable bonds is 3. The lowest BCUT2D eigenvalue weighted by Crippen LogP contribution is -2.22. The van der Waals surface area contributed by atoms with Crippen LogP contribution in [0.5, 0.6) is 0 Å². The Hall–Kier alpha value is -0.720. The summed E-state index contributed by atoms with van der Waals surface area (Å²) in [5.74, 6) is 0. The van der Waals surface area contributed by atoms with Crippen LogP contribution in [-0.4, -0.2) is 14.5 Å². The maximum atomic E-state index is 11.8. The highest BCUT2D eigenvalue weighted by Gasteiger charge is 2.08. The molecule has 0 unspecified atom stereocenters. The molecular weight excluding hydrogens is 326 g/mol. The Morgan fingerprint density at radius 2 is 2.29 bits per heavy atom. The van der Waals surface area contributed by atoms with Crippen molar-refractivity contribution in [3.63, 3.8) is 0 Å². The summed E-state index contributed by atoms with van der Waals surface area (Å²) in [5, 5.41) is 0.195. The van der Waals surface area contributed by atoms with Gasteiger partial charge in [-0.3, -0.25) is 9.36 Å². The topological polar surface area (TPSA) is 47.8 Å². The minimum atomic E-state index is -0.160. The Labute approximate surface area is 115 Å². The molecule has 7 heteroatoms. The zero-order valence-corrected chi connectivity index (χ0v) is 12.1. The van der Waals surface area contributed by atoms with E-state index in [1.54, 1.807) is 11.3 Å². The summed E-state index contributed by atoms with van der Waals surface area (Å²) in [6.07, 6.45) is 2.23. The molecule has 0 aliphatic carbocycles. The third kappa shape index (κ3) is 2.75. The van der Waals surface area contributed by atoms with E-state index >= 15 is 0 Å². The van der Waals surface area contributed by atoms with E-state index in [1.165, 1.54) is 15.8 Å². The Morgan fingerprint density at radius 3 is 2.94 bits per heavy atom. The third-order valence-electron chi connectivity index (χ3n) is 2.36. The molecule has 2 heterocycles. The molecule has 2 aromatic rings. The van der Waals surface area contributed by atoms with Crippen molar-refractivity contribution in [1.82, 2.24) is 14.5 Å². The van der Waals surface area contributed by atoms with Crippen LogP contribution in [0.1, 0.15) is 10.6 Å². The third-order valence-corrected chi connectivity index (χ3v) is 4.59. The number of aryl methyl sites for hydroxylation is 3. The summed E-state index contributed by atoms with van der Waals surface area (Å²) >= 11 is 10.5. The van der Waals surface area contributed by atoms with Gasteiger partial charge in [-0.2, -0.15) is 0 Å². The van der Waals surface area contributed by atoms with Crippen LogP contribution in [0.2, 0.25) is 5.15 Å². The molecule has 90 valence electrons. The fourth-order valence-corrected chi connectivity index (χ4v) is 2.62. The summed E-state index contributed by atoms with van der Waals surface area (Å²) in [6, 6.07) is 0. The van der Waals surface area contributed by atoms with E-state index in [0.29, 0.717) is 11.0 Å². The van der Waals surface area contributed by atoms with Gasteiger partial charge >= 0.3 is 0 Å². The van der Waals surface area contributed by atoms with Gasteiger partial charge < -0.3 is 0 Å². The highest BCUT2D eigenvalue weighted by molar-refractivity contribution is 9.10. The van der Waals surface area contributed by atoms with E-state index in [0.717, 1.165) is 12.1 Å². The number of nitrogens with zero attached hydrogens (tertiary/aromatic N) is 3. The van der Waals surface area contributed by atoms with Gasteiger partial charge in [-0.1, -0.05) is 11.6 Å². The predicted molar refractivity (Wildman–Crippen MR) is 71.8 cm³/mol. The molecule has 0 aromatic carbocycles. The molecule has 0 spiro atoms. The lowest BCUT2D eigenvalue weighted by molar-refractivity contribution is 0.653. The molecule has 0 N–H and O–H groups in total. The van der Waals surface area contributed by atoms with Crippen molar-refractivity contribution in [2.75, 3.05) is 0 Å². The Balaban J connectivity index is 2.18. The van der Waals surface area contributed by atoms with Crippen LogP contribution in [0.15, 0.2) is 21.1 Å². The lowest BCUT2D eigenvalue weighted by Gasteiger charge is -2.05. The Bertz CT molecular complexity index is 595. The SMILES string of the molecule is Cc1ncsc1CCn1cnc(Cl)c(Br)c1=O. The average molecular weight is 335 g/mol. The van der Waals surface area contributed by atoms with Gasteiger partial charge in [-0.25, -0.2) is 9.97 Å². The van der Waals surface area contributed by atoms with Crippen LogP contribution >= 0.6 is 38.9 Å². The van der Waals surface area contributed by atoms with E-state index in [9.17, 15) is 4.79 Å². The first-order valence-corrected chi connectivity index (χ1v) is 6.94. The van der Waals surface area contributed by atoms with E-state index < -0.39 is 0 Å². The summed E-state index contributed by atoms with van der Waals surface area (Å²) in [6.45, 7) is 2.54. The van der Waals surface area contributed by atoms with Crippen LogP contribution in [0.25, 0.3) is 0 Å². The Kier molecular flexibility index (Phi) is 3.96. The molecule has 0 atom stereocenters. The molecule has 0 aliphatic heterocycles. The first-order chi connectivity index (χ1) is 8.09. The fraction of sp³-hybridized carbons (Fsp3) is 0.300. The molecule has 0 saturated heterocycles. The minimum absolute atomic E-state index is 0.160. The van der Waals surface area contributed by atoms with E-state index in [-0.39, 0.29) is 10.7 Å². The molecule has 0 fully saturated rings. The highest BCUT2D eigenvalue weighted by atomic mass is 79.9. The number of aromatic nitrogens is 3. The maximum Gasteiger partial charge on any atom is 0.269 e. The summed E-state index contributed by atoms with van der Waals surface area (Å²) in [5.41, 5.74) is 2.67. The van der Waals surface area contributed by atoms with Gasteiger partial charge in [-0.15, -0.1) is 11.3 Å². The second-order valence-corrected chi connectivity index (χ2v) is 5.55. The molecule has 17 heavy (non-hydrogen) atoms. The van der Waals surface area contributed by atoms with Gasteiger partial charge in [0.1, 0.15) is 4.47 Å². The lowest BCUT2D eigenvalue weighted by atomic mass is 10.3. The molecule has 0 saturated carbocycles. The molecule has 2 rings (SSSR count). The molecule has 0 bridgehead atoms. The Morgan fingerprint density at radius 1 is 1.53 bits per heavy atom. The smallest absolute Gasteiger partial charge is 0.269 e. The summed E-state index contributed by atoms with van der Waals surface area (Å²) in [7, 11) is 0. The zero-order valence-electron chi connectivity index (χ0n) is 8.98. The predicted octanol–water partition coefficient (Wildman–Crippen LogP) is 2.67. The number of thiazole rings is 1. The standard InChI is InChI=1S/C10H9BrClN3OS/c1-6-7(17-5-14-6)2-3-15-4-13-9(12)8(11)10(15)16/h4-5H,2-3H2,1H3. The highest BCUT2D eigenvalue weighted by Crippen LogP contribution is 2.15. The second-order valence-electron chi connectivity index (χ2n) is 3.46. The number of halogens is 2. The largest absolute Gasteiger partial charge is 0.298 e. The van der Waals surface area contributed by atoms with Crippen molar-refractivity contribution in [2.24, 2.45) is 0 Å². The van der Waals surface area contributed by atoms with Gasteiger partial charge in [0.25, 0.3) is 5.56 Å². The van der Waals surface area contributed by atoms with Crippen molar-refractivity contribution in [3.8, 4) is 0 Å². The number of hydrogen-bond acceptors (Lipinski definition) is 4. The van der Waals surface area contributed by atoms with E-state index in [2.05, 4.69) is 25.9 Å². The number of hydrogen-bond donors (Lipinski definition) is 0. The van der Waals surface area contributed by atoms with E-state index in [4.69, 9.17) is 11.6 Å². The quantitative estimate of drug-likeness (QED) is 0.811. The van der Waals surface area contributed by atoms with Crippen molar-refractivity contribution >= 4 is 38.9 Å². The molecular formula is C10H9BrClN3OS.